The summed E-state index contributed by atoms with van der Waals surface area (Å²) in [6, 6.07) is 0. The topological polar surface area (TPSA) is 50.1 Å². The Labute approximate surface area is 86.9 Å². The molecule has 0 amide bonds. The van der Waals surface area contributed by atoms with E-state index in [1.807, 2.05) is 6.92 Å². The smallest absolute Gasteiger partial charge is 0.282 e. The Hall–Kier alpha value is -1.01. The molecule has 1 aromatic heterocycles. The van der Waals surface area contributed by atoms with Gasteiger partial charge in [0, 0.05) is 25.4 Å². The van der Waals surface area contributed by atoms with Crippen molar-refractivity contribution in [3.8, 4) is 0 Å². The highest BCUT2D eigenvalue weighted by Gasteiger charge is 2.26. The molecule has 0 saturated carbocycles. The fraction of sp³-hybridized carbons (Fsp3) is 0.667. The van der Waals surface area contributed by atoms with Gasteiger partial charge in [0.05, 0.1) is 12.2 Å². The predicted octanol–water partition coefficient (Wildman–Crippen LogP) is 0.446. The Morgan fingerprint density at radius 1 is 1.60 bits per heavy atom. The largest absolute Gasteiger partial charge is 0.390 e. The van der Waals surface area contributed by atoms with Crippen molar-refractivity contribution < 1.29 is 13.9 Å². The Bertz CT molecular complexity index is 325. The third kappa shape index (κ3) is 3.56. The lowest BCUT2D eigenvalue weighted by Crippen LogP contribution is -2.35. The van der Waals surface area contributed by atoms with Crippen LogP contribution in [0.3, 0.4) is 0 Å². The summed E-state index contributed by atoms with van der Waals surface area (Å²) < 4.78 is 26.9. The molecule has 4 nitrogen and oxygen atoms in total. The van der Waals surface area contributed by atoms with Gasteiger partial charge in [0.1, 0.15) is 6.61 Å². The highest BCUT2D eigenvalue weighted by molar-refractivity contribution is 5.14. The number of aliphatic hydroxyl groups is 1. The van der Waals surface area contributed by atoms with Crippen molar-refractivity contribution in [2.45, 2.75) is 19.4 Å². The molecule has 15 heavy (non-hydrogen) atoms. The molecule has 0 aliphatic carbocycles. The summed E-state index contributed by atoms with van der Waals surface area (Å²) in [6.07, 6.45) is 1.78. The lowest BCUT2D eigenvalue weighted by molar-refractivity contribution is -0.0477. The van der Waals surface area contributed by atoms with Gasteiger partial charge in [0.15, 0.2) is 0 Å². The van der Waals surface area contributed by atoms with Crippen LogP contribution >= 0.6 is 0 Å². The maximum Gasteiger partial charge on any atom is 0.282 e. The minimum atomic E-state index is -3.06. The first-order valence-electron chi connectivity index (χ1n) is 4.63. The van der Waals surface area contributed by atoms with Crippen LogP contribution in [0.5, 0.6) is 0 Å². The van der Waals surface area contributed by atoms with Crippen LogP contribution < -0.4 is 5.32 Å². The summed E-state index contributed by atoms with van der Waals surface area (Å²) in [6.45, 7) is 0.486. The average Bonchev–Trinajstić information content (AvgIpc) is 2.45. The second-order valence-electron chi connectivity index (χ2n) is 3.53. The number of aliphatic hydroxyl groups excluding tert-OH is 1. The molecule has 0 aliphatic heterocycles. The van der Waals surface area contributed by atoms with Crippen molar-refractivity contribution in [2.75, 3.05) is 13.2 Å². The fourth-order valence-electron chi connectivity index (χ4n) is 1.26. The number of hydrogen-bond acceptors (Lipinski definition) is 3. The zero-order valence-corrected chi connectivity index (χ0v) is 8.80. The highest BCUT2D eigenvalue weighted by atomic mass is 19.3. The van der Waals surface area contributed by atoms with Gasteiger partial charge < -0.3 is 10.4 Å². The maximum atomic E-state index is 12.6. The first-order valence-corrected chi connectivity index (χ1v) is 4.63. The molecule has 1 aromatic rings. The number of aryl methyl sites for hydroxylation is 2. The minimum Gasteiger partial charge on any atom is -0.390 e. The third-order valence-electron chi connectivity index (χ3n) is 2.05. The van der Waals surface area contributed by atoms with Crippen molar-refractivity contribution in [3.05, 3.63) is 17.5 Å². The molecule has 0 fully saturated rings. The van der Waals surface area contributed by atoms with Crippen molar-refractivity contribution in [1.82, 2.24) is 15.1 Å². The van der Waals surface area contributed by atoms with Gasteiger partial charge in [-0.3, -0.25) is 4.68 Å². The van der Waals surface area contributed by atoms with Crippen LogP contribution in [0.2, 0.25) is 0 Å². The molecule has 2 N–H and O–H groups in total. The number of nitrogens with one attached hydrogen (secondary N) is 1. The van der Waals surface area contributed by atoms with E-state index in [0.29, 0.717) is 6.54 Å². The monoisotopic (exact) mass is 219 g/mol. The molecule has 6 heteroatoms. The maximum absolute atomic E-state index is 12.6. The highest BCUT2D eigenvalue weighted by Crippen LogP contribution is 2.10. The van der Waals surface area contributed by atoms with Crippen LogP contribution in [-0.4, -0.2) is 34.0 Å². The fourth-order valence-corrected chi connectivity index (χ4v) is 1.26. The number of hydrogen-bond donors (Lipinski definition) is 2. The molecule has 86 valence electrons. The van der Waals surface area contributed by atoms with Crippen molar-refractivity contribution in [3.63, 3.8) is 0 Å². The molecule has 1 heterocycles. The van der Waals surface area contributed by atoms with Gasteiger partial charge in [0.25, 0.3) is 5.92 Å². The molecule has 0 saturated heterocycles. The van der Waals surface area contributed by atoms with Gasteiger partial charge >= 0.3 is 0 Å². The lowest BCUT2D eigenvalue weighted by atomic mass is 10.2. The van der Waals surface area contributed by atoms with Crippen LogP contribution in [0.4, 0.5) is 8.78 Å². The summed E-state index contributed by atoms with van der Waals surface area (Å²) in [5, 5.41) is 15.0. The molecule has 0 aromatic carbocycles. The van der Waals surface area contributed by atoms with Crippen molar-refractivity contribution in [2.24, 2.45) is 7.05 Å². The summed E-state index contributed by atoms with van der Waals surface area (Å²) >= 11 is 0. The molecular weight excluding hydrogens is 204 g/mol. The van der Waals surface area contributed by atoms with E-state index in [2.05, 4.69) is 10.4 Å². The van der Waals surface area contributed by atoms with Crippen LogP contribution in [0, 0.1) is 6.92 Å². The molecule has 0 atom stereocenters. The third-order valence-corrected chi connectivity index (χ3v) is 2.05. The number of nitrogens with zero attached hydrogens (tertiary/aromatic N) is 2. The van der Waals surface area contributed by atoms with E-state index >= 15 is 0 Å². The van der Waals surface area contributed by atoms with Gasteiger partial charge in [-0.2, -0.15) is 5.10 Å². The Morgan fingerprint density at radius 3 is 2.73 bits per heavy atom. The van der Waals surface area contributed by atoms with E-state index in [1.54, 1.807) is 17.9 Å². The van der Waals surface area contributed by atoms with E-state index in [0.717, 1.165) is 11.3 Å². The summed E-state index contributed by atoms with van der Waals surface area (Å²) in [7, 11) is 1.78. The zero-order valence-electron chi connectivity index (χ0n) is 8.80. The molecule has 0 radical (unpaired) electrons. The quantitative estimate of drug-likeness (QED) is 0.755. The van der Waals surface area contributed by atoms with Gasteiger partial charge in [-0.25, -0.2) is 8.78 Å². The Kier molecular flexibility index (Phi) is 3.76. The summed E-state index contributed by atoms with van der Waals surface area (Å²) in [5.74, 6) is -3.06. The van der Waals surface area contributed by atoms with E-state index in [9.17, 15) is 8.78 Å². The van der Waals surface area contributed by atoms with Crippen LogP contribution in [0.1, 0.15) is 11.3 Å². The zero-order chi connectivity index (χ0) is 11.5. The number of rotatable bonds is 5. The van der Waals surface area contributed by atoms with E-state index < -0.39 is 19.1 Å². The van der Waals surface area contributed by atoms with Gasteiger partial charge in [-0.15, -0.1) is 0 Å². The van der Waals surface area contributed by atoms with Crippen molar-refractivity contribution in [1.29, 1.82) is 0 Å². The molecule has 0 bridgehead atoms. The number of aromatic nitrogens is 2. The van der Waals surface area contributed by atoms with Gasteiger partial charge in [-0.05, 0) is 6.92 Å². The molecule has 0 aliphatic rings. The van der Waals surface area contributed by atoms with Crippen molar-refractivity contribution >= 4 is 0 Å². The second-order valence-corrected chi connectivity index (χ2v) is 3.53. The van der Waals surface area contributed by atoms with Crippen LogP contribution in [-0.2, 0) is 13.6 Å². The first kappa shape index (κ1) is 12.1. The Morgan fingerprint density at radius 2 is 2.27 bits per heavy atom. The number of halogens is 2. The minimum absolute atomic E-state index is 0.329. The SMILES string of the molecule is Cc1nn(C)cc1CNCC(F)(F)CO. The molecule has 0 unspecified atom stereocenters. The van der Waals surface area contributed by atoms with Crippen LogP contribution in [0.25, 0.3) is 0 Å². The predicted molar refractivity (Wildman–Crippen MR) is 51.7 cm³/mol. The van der Waals surface area contributed by atoms with Gasteiger partial charge in [0.2, 0.25) is 0 Å². The van der Waals surface area contributed by atoms with E-state index in [1.165, 1.54) is 0 Å². The summed E-state index contributed by atoms with van der Waals surface area (Å²) in [4.78, 5) is 0. The average molecular weight is 219 g/mol. The summed E-state index contributed by atoms with van der Waals surface area (Å²) in [5.41, 5.74) is 1.70. The second kappa shape index (κ2) is 4.67. The Balaban J connectivity index is 2.41. The standard InChI is InChI=1S/C9H15F2N3O/c1-7-8(4-14(2)13-7)3-12-5-9(10,11)6-15/h4,12,15H,3,5-6H2,1-2H3. The number of alkyl halides is 2. The van der Waals surface area contributed by atoms with E-state index in [-0.39, 0.29) is 0 Å². The molecule has 0 spiro atoms. The lowest BCUT2D eigenvalue weighted by Gasteiger charge is -2.13. The van der Waals surface area contributed by atoms with E-state index in [4.69, 9.17) is 5.11 Å². The first-order chi connectivity index (χ1) is 6.94. The molecular formula is C9H15F2N3O. The normalized spacial score (nSPS) is 12.1. The van der Waals surface area contributed by atoms with Gasteiger partial charge in [-0.1, -0.05) is 0 Å². The molecule has 1 rings (SSSR count). The van der Waals surface area contributed by atoms with Crippen LogP contribution in [0.15, 0.2) is 6.20 Å².